The lowest BCUT2D eigenvalue weighted by atomic mass is 9.99. The Bertz CT molecular complexity index is 1690. The molecule has 212 valence electrons. The van der Waals surface area contributed by atoms with E-state index in [0.717, 1.165) is 76.6 Å². The Morgan fingerprint density at radius 1 is 0.857 bits per heavy atom. The van der Waals surface area contributed by atoms with Crippen LogP contribution in [0.4, 0.5) is 11.5 Å². The highest BCUT2D eigenvalue weighted by Crippen LogP contribution is 2.34. The monoisotopic (exact) mass is 559 g/mol. The van der Waals surface area contributed by atoms with Gasteiger partial charge in [-0.25, -0.2) is 9.78 Å². The van der Waals surface area contributed by atoms with Gasteiger partial charge in [0, 0.05) is 36.3 Å². The first-order chi connectivity index (χ1) is 20.6. The van der Waals surface area contributed by atoms with Crippen LogP contribution < -0.4 is 15.0 Å². The smallest absolute Gasteiger partial charge is 0.337 e. The Hall–Kier alpha value is -4.88. The second-order valence-electron chi connectivity index (χ2n) is 10.2. The molecule has 4 aromatic carbocycles. The fraction of sp³-hybridized carbons (Fsp3) is 0.200. The van der Waals surface area contributed by atoms with Crippen LogP contribution in [0, 0.1) is 0 Å². The van der Waals surface area contributed by atoms with Gasteiger partial charge in [0.1, 0.15) is 11.6 Å². The number of carbonyl (C=O) groups is 1. The van der Waals surface area contributed by atoms with E-state index in [-0.39, 0.29) is 5.97 Å². The SMILES string of the molecule is COC(=O)c1cccc(-c2ccc3nc(NCc4ccc(OC)cc4)c(-c4ccc(N5CCOCC5)cc4)cc3c2)c1. The van der Waals surface area contributed by atoms with Crippen molar-refractivity contribution >= 4 is 28.4 Å². The molecule has 0 atom stereocenters. The zero-order valence-corrected chi connectivity index (χ0v) is 23.8. The van der Waals surface area contributed by atoms with E-state index in [1.807, 2.05) is 42.5 Å². The van der Waals surface area contributed by atoms with Crippen LogP contribution in [0.2, 0.25) is 0 Å². The van der Waals surface area contributed by atoms with Gasteiger partial charge in [-0.2, -0.15) is 0 Å². The number of ether oxygens (including phenoxy) is 3. The van der Waals surface area contributed by atoms with Gasteiger partial charge in [0.25, 0.3) is 0 Å². The lowest BCUT2D eigenvalue weighted by molar-refractivity contribution is 0.0600. The minimum atomic E-state index is -0.352. The molecule has 1 aliphatic rings. The van der Waals surface area contributed by atoms with Crippen LogP contribution in [0.1, 0.15) is 15.9 Å². The molecule has 7 heteroatoms. The number of methoxy groups -OCH3 is 2. The number of pyridine rings is 1. The van der Waals surface area contributed by atoms with Crippen LogP contribution in [-0.4, -0.2) is 51.5 Å². The number of morpholine rings is 1. The number of anilines is 2. The normalized spacial score (nSPS) is 13.1. The highest BCUT2D eigenvalue weighted by molar-refractivity contribution is 5.94. The Labute approximate surface area is 245 Å². The number of nitrogens with zero attached hydrogens (tertiary/aromatic N) is 2. The number of nitrogens with one attached hydrogen (secondary N) is 1. The van der Waals surface area contributed by atoms with Gasteiger partial charge < -0.3 is 24.4 Å². The van der Waals surface area contributed by atoms with Crippen LogP contribution in [0.15, 0.2) is 97.1 Å². The maximum Gasteiger partial charge on any atom is 0.337 e. The molecule has 1 aliphatic heterocycles. The number of fused-ring (bicyclic) bond motifs is 1. The van der Waals surface area contributed by atoms with Crippen LogP contribution >= 0.6 is 0 Å². The van der Waals surface area contributed by atoms with Crippen LogP contribution in [-0.2, 0) is 16.0 Å². The summed E-state index contributed by atoms with van der Waals surface area (Å²) in [4.78, 5) is 19.5. The van der Waals surface area contributed by atoms with E-state index in [4.69, 9.17) is 19.2 Å². The summed E-state index contributed by atoms with van der Waals surface area (Å²) >= 11 is 0. The van der Waals surface area contributed by atoms with E-state index in [9.17, 15) is 4.79 Å². The van der Waals surface area contributed by atoms with E-state index < -0.39 is 0 Å². The fourth-order valence-corrected chi connectivity index (χ4v) is 5.26. The van der Waals surface area contributed by atoms with Gasteiger partial charge in [0.2, 0.25) is 0 Å². The molecular weight excluding hydrogens is 526 g/mol. The number of benzene rings is 4. The molecule has 0 amide bonds. The minimum absolute atomic E-state index is 0.352. The third-order valence-electron chi connectivity index (χ3n) is 7.61. The van der Waals surface area contributed by atoms with E-state index in [1.165, 1.54) is 12.8 Å². The number of aromatic nitrogens is 1. The average molecular weight is 560 g/mol. The summed E-state index contributed by atoms with van der Waals surface area (Å²) in [5, 5.41) is 4.59. The standard InChI is InChI=1S/C35H33N3O4/c1-40-31-13-6-24(7-14-31)23-36-34-32(25-8-11-30(12-9-25)38-16-18-42-19-17-38)22-29-21-27(10-15-33(29)37-34)26-4-3-5-28(20-26)35(39)41-2/h3-15,20-22H,16-19,23H2,1-2H3,(H,36,37). The van der Waals surface area contributed by atoms with Gasteiger partial charge >= 0.3 is 5.97 Å². The topological polar surface area (TPSA) is 72.9 Å². The average Bonchev–Trinajstić information content (AvgIpc) is 3.07. The van der Waals surface area contributed by atoms with Crippen molar-refractivity contribution in [3.63, 3.8) is 0 Å². The van der Waals surface area contributed by atoms with Crippen LogP contribution in [0.5, 0.6) is 5.75 Å². The van der Waals surface area contributed by atoms with Crippen molar-refractivity contribution in [3.05, 3.63) is 108 Å². The van der Waals surface area contributed by atoms with Crippen molar-refractivity contribution < 1.29 is 19.0 Å². The molecule has 1 aromatic heterocycles. The van der Waals surface area contributed by atoms with Gasteiger partial charge in [-0.15, -0.1) is 0 Å². The molecule has 1 N–H and O–H groups in total. The van der Waals surface area contributed by atoms with Gasteiger partial charge in [-0.1, -0.05) is 42.5 Å². The van der Waals surface area contributed by atoms with Gasteiger partial charge in [0.05, 0.1) is 38.5 Å². The number of hydrogen-bond donors (Lipinski definition) is 1. The zero-order chi connectivity index (χ0) is 28.9. The van der Waals surface area contributed by atoms with Crippen molar-refractivity contribution in [2.45, 2.75) is 6.54 Å². The number of hydrogen-bond acceptors (Lipinski definition) is 7. The molecule has 0 unspecified atom stereocenters. The van der Waals surface area contributed by atoms with E-state index >= 15 is 0 Å². The molecule has 2 heterocycles. The van der Waals surface area contributed by atoms with Gasteiger partial charge in [0.15, 0.2) is 0 Å². The molecule has 7 nitrogen and oxygen atoms in total. The van der Waals surface area contributed by atoms with Crippen molar-refractivity contribution in [1.29, 1.82) is 0 Å². The summed E-state index contributed by atoms with van der Waals surface area (Å²) in [6.07, 6.45) is 0. The van der Waals surface area contributed by atoms with Crippen molar-refractivity contribution in [2.75, 3.05) is 50.7 Å². The largest absolute Gasteiger partial charge is 0.497 e. The molecule has 42 heavy (non-hydrogen) atoms. The minimum Gasteiger partial charge on any atom is -0.497 e. The molecular formula is C35H33N3O4. The maximum absolute atomic E-state index is 12.1. The molecule has 0 radical (unpaired) electrons. The highest BCUT2D eigenvalue weighted by atomic mass is 16.5. The fourth-order valence-electron chi connectivity index (χ4n) is 5.26. The Morgan fingerprint density at radius 3 is 2.33 bits per heavy atom. The van der Waals surface area contributed by atoms with Crippen LogP contribution in [0.25, 0.3) is 33.2 Å². The summed E-state index contributed by atoms with van der Waals surface area (Å²) in [7, 11) is 3.07. The molecule has 0 aliphatic carbocycles. The zero-order valence-electron chi connectivity index (χ0n) is 23.8. The first-order valence-corrected chi connectivity index (χ1v) is 14.0. The summed E-state index contributed by atoms with van der Waals surface area (Å²) in [6, 6.07) is 32.6. The van der Waals surface area contributed by atoms with Crippen molar-refractivity contribution in [3.8, 4) is 28.0 Å². The van der Waals surface area contributed by atoms with Crippen LogP contribution in [0.3, 0.4) is 0 Å². The van der Waals surface area contributed by atoms with E-state index in [1.54, 1.807) is 13.2 Å². The third kappa shape index (κ3) is 5.92. The molecule has 0 saturated carbocycles. The summed E-state index contributed by atoms with van der Waals surface area (Å²) in [5.41, 5.74) is 7.77. The Balaban J connectivity index is 1.37. The maximum atomic E-state index is 12.1. The summed E-state index contributed by atoms with van der Waals surface area (Å²) < 4.78 is 15.8. The lowest BCUT2D eigenvalue weighted by Crippen LogP contribution is -2.36. The first kappa shape index (κ1) is 27.3. The van der Waals surface area contributed by atoms with E-state index in [2.05, 4.69) is 58.7 Å². The number of rotatable bonds is 8. The lowest BCUT2D eigenvalue weighted by Gasteiger charge is -2.29. The van der Waals surface area contributed by atoms with Gasteiger partial charge in [-0.05, 0) is 76.9 Å². The Morgan fingerprint density at radius 2 is 1.60 bits per heavy atom. The molecule has 1 saturated heterocycles. The van der Waals surface area contributed by atoms with Gasteiger partial charge in [-0.3, -0.25) is 0 Å². The number of carbonyl (C=O) groups excluding carboxylic acids is 1. The molecule has 6 rings (SSSR count). The third-order valence-corrected chi connectivity index (χ3v) is 7.61. The quantitative estimate of drug-likeness (QED) is 0.209. The van der Waals surface area contributed by atoms with E-state index in [0.29, 0.717) is 12.1 Å². The summed E-state index contributed by atoms with van der Waals surface area (Å²) in [5.74, 6) is 1.30. The summed E-state index contributed by atoms with van der Waals surface area (Å²) in [6.45, 7) is 3.91. The molecule has 0 bridgehead atoms. The Kier molecular flexibility index (Phi) is 8.01. The molecule has 5 aromatic rings. The van der Waals surface area contributed by atoms with Crippen molar-refractivity contribution in [1.82, 2.24) is 4.98 Å². The van der Waals surface area contributed by atoms with Crippen molar-refractivity contribution in [2.24, 2.45) is 0 Å². The predicted octanol–water partition coefficient (Wildman–Crippen LogP) is 6.81. The predicted molar refractivity (Wildman–Crippen MR) is 167 cm³/mol. The highest BCUT2D eigenvalue weighted by Gasteiger charge is 2.14. The number of esters is 1. The molecule has 1 fully saturated rings. The molecule has 0 spiro atoms. The second kappa shape index (κ2) is 12.3. The second-order valence-corrected chi connectivity index (χ2v) is 10.2. The first-order valence-electron chi connectivity index (χ1n) is 14.0.